The first-order chi connectivity index (χ1) is 8.49. The van der Waals surface area contributed by atoms with Gasteiger partial charge in [0.2, 0.25) is 0 Å². The van der Waals surface area contributed by atoms with E-state index in [0.717, 1.165) is 0 Å². The van der Waals surface area contributed by atoms with Crippen molar-refractivity contribution in [1.29, 1.82) is 0 Å². The van der Waals surface area contributed by atoms with Crippen molar-refractivity contribution in [3.8, 4) is 0 Å². The van der Waals surface area contributed by atoms with E-state index in [-0.39, 0.29) is 5.91 Å². The number of hydrogen-bond donors (Lipinski definition) is 1. The number of nitrogens with zero attached hydrogens (tertiary/aromatic N) is 2. The molecule has 2 aromatic rings. The number of halogens is 2. The fraction of sp³-hybridized carbons (Fsp3) is 0.167. The molecule has 2 rings (SSSR count). The van der Waals surface area contributed by atoms with E-state index in [1.807, 2.05) is 0 Å². The average molecular weight is 284 g/mol. The van der Waals surface area contributed by atoms with Crippen LogP contribution in [0.4, 0.5) is 5.69 Å². The lowest BCUT2D eigenvalue weighted by atomic mass is 10.2. The number of aryl methyl sites for hydroxylation is 2. The molecule has 0 fully saturated rings. The molecule has 94 valence electrons. The maximum Gasteiger partial charge on any atom is 0.260 e. The molecule has 0 saturated carbocycles. The lowest BCUT2D eigenvalue weighted by Gasteiger charge is -2.05. The number of hydrogen-bond acceptors (Lipinski definition) is 2. The highest BCUT2D eigenvalue weighted by Crippen LogP contribution is 2.21. The van der Waals surface area contributed by atoms with Gasteiger partial charge in [-0.3, -0.25) is 9.48 Å². The van der Waals surface area contributed by atoms with Gasteiger partial charge in [0, 0.05) is 17.8 Å². The molecule has 0 atom stereocenters. The number of anilines is 1. The largest absolute Gasteiger partial charge is 0.322 e. The number of benzene rings is 1. The van der Waals surface area contributed by atoms with Crippen LogP contribution in [0.15, 0.2) is 24.3 Å². The van der Waals surface area contributed by atoms with Crippen molar-refractivity contribution in [1.82, 2.24) is 9.78 Å². The van der Waals surface area contributed by atoms with Gasteiger partial charge in [-0.05, 0) is 25.1 Å². The normalized spacial score (nSPS) is 10.4. The predicted octanol–water partition coefficient (Wildman–Crippen LogP) is 3.29. The van der Waals surface area contributed by atoms with E-state index in [2.05, 4.69) is 10.4 Å². The molecule has 1 heterocycles. The molecule has 18 heavy (non-hydrogen) atoms. The third-order valence-corrected chi connectivity index (χ3v) is 3.13. The number of amides is 1. The summed E-state index contributed by atoms with van der Waals surface area (Å²) in [7, 11) is 1.69. The molecule has 0 spiro atoms. The molecule has 1 N–H and O–H groups in total. The van der Waals surface area contributed by atoms with Gasteiger partial charge in [0.1, 0.15) is 5.15 Å². The van der Waals surface area contributed by atoms with Crippen LogP contribution < -0.4 is 5.32 Å². The molecule has 0 aliphatic carbocycles. The fourth-order valence-electron chi connectivity index (χ4n) is 1.65. The van der Waals surface area contributed by atoms with E-state index < -0.39 is 0 Å². The van der Waals surface area contributed by atoms with Crippen molar-refractivity contribution in [2.24, 2.45) is 7.05 Å². The van der Waals surface area contributed by atoms with Crippen LogP contribution in [-0.2, 0) is 7.05 Å². The summed E-state index contributed by atoms with van der Waals surface area (Å²) >= 11 is 11.9. The Morgan fingerprint density at radius 3 is 2.67 bits per heavy atom. The molecule has 1 amide bonds. The van der Waals surface area contributed by atoms with Gasteiger partial charge in [-0.25, -0.2) is 0 Å². The van der Waals surface area contributed by atoms with Crippen molar-refractivity contribution in [2.45, 2.75) is 6.92 Å². The van der Waals surface area contributed by atoms with Crippen molar-refractivity contribution in [2.75, 3.05) is 5.32 Å². The van der Waals surface area contributed by atoms with Gasteiger partial charge in [0.05, 0.1) is 11.3 Å². The maximum absolute atomic E-state index is 12.1. The molecule has 6 heteroatoms. The highest BCUT2D eigenvalue weighted by Gasteiger charge is 2.18. The topological polar surface area (TPSA) is 46.9 Å². The molecule has 1 aromatic carbocycles. The minimum Gasteiger partial charge on any atom is -0.322 e. The zero-order chi connectivity index (χ0) is 13.3. The van der Waals surface area contributed by atoms with Gasteiger partial charge in [0.25, 0.3) is 5.91 Å². The summed E-state index contributed by atoms with van der Waals surface area (Å²) in [5.41, 5.74) is 1.58. The van der Waals surface area contributed by atoms with E-state index in [9.17, 15) is 4.79 Å². The molecule has 0 saturated heterocycles. The Hall–Kier alpha value is -1.52. The summed E-state index contributed by atoms with van der Waals surface area (Å²) in [5.74, 6) is -0.298. The Balaban J connectivity index is 2.27. The van der Waals surface area contributed by atoms with Crippen LogP contribution in [-0.4, -0.2) is 15.7 Å². The lowest BCUT2D eigenvalue weighted by Crippen LogP contribution is -2.13. The Kier molecular flexibility index (Phi) is 3.59. The van der Waals surface area contributed by atoms with Crippen LogP contribution in [0.1, 0.15) is 16.1 Å². The van der Waals surface area contributed by atoms with Gasteiger partial charge in [0.15, 0.2) is 0 Å². The first kappa shape index (κ1) is 12.9. The summed E-state index contributed by atoms with van der Waals surface area (Å²) in [4.78, 5) is 12.1. The van der Waals surface area contributed by atoms with Crippen molar-refractivity contribution >= 4 is 34.8 Å². The molecular weight excluding hydrogens is 273 g/mol. The Bertz CT molecular complexity index is 607. The summed E-state index contributed by atoms with van der Waals surface area (Å²) in [6, 6.07) is 6.91. The maximum atomic E-state index is 12.1. The van der Waals surface area contributed by atoms with Gasteiger partial charge >= 0.3 is 0 Å². The quantitative estimate of drug-likeness (QED) is 0.919. The van der Waals surface area contributed by atoms with Crippen molar-refractivity contribution in [3.05, 3.63) is 45.7 Å². The fourth-order valence-corrected chi connectivity index (χ4v) is 2.10. The smallest absolute Gasteiger partial charge is 0.260 e. The van der Waals surface area contributed by atoms with E-state index >= 15 is 0 Å². The van der Waals surface area contributed by atoms with Crippen molar-refractivity contribution < 1.29 is 4.79 Å². The summed E-state index contributed by atoms with van der Waals surface area (Å²) in [6.45, 7) is 1.73. The predicted molar refractivity (Wildman–Crippen MR) is 72.4 cm³/mol. The van der Waals surface area contributed by atoms with E-state index in [1.54, 1.807) is 38.2 Å². The second kappa shape index (κ2) is 5.00. The molecule has 0 aliphatic rings. The van der Waals surface area contributed by atoms with Gasteiger partial charge in [-0.15, -0.1) is 0 Å². The average Bonchev–Trinajstić information content (AvgIpc) is 2.53. The second-order valence-electron chi connectivity index (χ2n) is 3.84. The van der Waals surface area contributed by atoms with Gasteiger partial charge in [-0.1, -0.05) is 29.3 Å². The molecule has 4 nitrogen and oxygen atoms in total. The molecule has 0 radical (unpaired) electrons. The Labute approximate surface area is 115 Å². The third-order valence-electron chi connectivity index (χ3n) is 2.46. The Morgan fingerprint density at radius 1 is 1.39 bits per heavy atom. The number of nitrogens with one attached hydrogen (secondary N) is 1. The van der Waals surface area contributed by atoms with E-state index in [4.69, 9.17) is 23.2 Å². The summed E-state index contributed by atoms with van der Waals surface area (Å²) in [5, 5.41) is 7.69. The first-order valence-electron chi connectivity index (χ1n) is 5.25. The zero-order valence-electron chi connectivity index (χ0n) is 9.87. The third kappa shape index (κ3) is 2.49. The minimum absolute atomic E-state index is 0.298. The standard InChI is InChI=1S/C12H11Cl2N3O/c1-7-10(11(14)17(2)16-7)12(18)15-9-5-3-4-8(13)6-9/h3-6H,1-2H3,(H,15,18). The van der Waals surface area contributed by atoms with Gasteiger partial charge in [-0.2, -0.15) is 5.10 Å². The van der Waals surface area contributed by atoms with Crippen LogP contribution in [0.2, 0.25) is 10.2 Å². The van der Waals surface area contributed by atoms with E-state index in [1.165, 1.54) is 4.68 Å². The highest BCUT2D eigenvalue weighted by atomic mass is 35.5. The van der Waals surface area contributed by atoms with Crippen molar-refractivity contribution in [3.63, 3.8) is 0 Å². The van der Waals surface area contributed by atoms with Crippen LogP contribution >= 0.6 is 23.2 Å². The highest BCUT2D eigenvalue weighted by molar-refractivity contribution is 6.34. The minimum atomic E-state index is -0.298. The Morgan fingerprint density at radius 2 is 2.11 bits per heavy atom. The number of aromatic nitrogens is 2. The SMILES string of the molecule is Cc1nn(C)c(Cl)c1C(=O)Nc1cccc(Cl)c1. The summed E-state index contributed by atoms with van der Waals surface area (Å²) < 4.78 is 1.46. The number of rotatable bonds is 2. The molecule has 0 aliphatic heterocycles. The van der Waals surface area contributed by atoms with Crippen LogP contribution in [0, 0.1) is 6.92 Å². The van der Waals surface area contributed by atoms with E-state index in [0.29, 0.717) is 27.1 Å². The monoisotopic (exact) mass is 283 g/mol. The van der Waals surface area contributed by atoms with Crippen LogP contribution in [0.25, 0.3) is 0 Å². The number of carbonyl (C=O) groups excluding carboxylic acids is 1. The molecule has 0 bridgehead atoms. The van der Waals surface area contributed by atoms with Crippen LogP contribution in [0.3, 0.4) is 0 Å². The molecular formula is C12H11Cl2N3O. The second-order valence-corrected chi connectivity index (χ2v) is 4.63. The van der Waals surface area contributed by atoms with Gasteiger partial charge < -0.3 is 5.32 Å². The summed E-state index contributed by atoms with van der Waals surface area (Å²) in [6.07, 6.45) is 0. The lowest BCUT2D eigenvalue weighted by molar-refractivity contribution is 0.102. The molecule has 1 aromatic heterocycles. The number of carbonyl (C=O) groups is 1. The molecule has 0 unspecified atom stereocenters. The zero-order valence-corrected chi connectivity index (χ0v) is 11.4. The van der Waals surface area contributed by atoms with Crippen LogP contribution in [0.5, 0.6) is 0 Å². The first-order valence-corrected chi connectivity index (χ1v) is 6.00.